The minimum Gasteiger partial charge on any atom is -0.355 e. The van der Waals surface area contributed by atoms with E-state index < -0.39 is 0 Å². The first kappa shape index (κ1) is 19.1. The fraction of sp³-hybridized carbons (Fsp3) is 0.737. The van der Waals surface area contributed by atoms with E-state index in [9.17, 15) is 9.59 Å². The molecule has 1 heterocycles. The van der Waals surface area contributed by atoms with Crippen LogP contribution in [0.3, 0.4) is 0 Å². The fourth-order valence-electron chi connectivity index (χ4n) is 3.89. The van der Waals surface area contributed by atoms with Gasteiger partial charge in [0.05, 0.1) is 12.1 Å². The zero-order valence-electron chi connectivity index (χ0n) is 15.4. The lowest BCUT2D eigenvalue weighted by Crippen LogP contribution is -2.39. The molecule has 0 saturated heterocycles. The number of hydrogen-bond acceptors (Lipinski definition) is 4. The first-order valence-electron chi connectivity index (χ1n) is 9.97. The average molecular weight is 379 g/mol. The second kappa shape index (κ2) is 9.90. The third-order valence-corrected chi connectivity index (χ3v) is 6.17. The van der Waals surface area contributed by atoms with Gasteiger partial charge in [-0.15, -0.1) is 11.3 Å². The van der Waals surface area contributed by atoms with Gasteiger partial charge in [-0.2, -0.15) is 0 Å². The van der Waals surface area contributed by atoms with Crippen molar-refractivity contribution in [2.24, 2.45) is 5.92 Å². The molecule has 0 bridgehead atoms. The van der Waals surface area contributed by atoms with Crippen LogP contribution in [-0.2, 0) is 11.2 Å². The Bertz CT molecular complexity index is 592. The smallest absolute Gasteiger partial charge is 0.321 e. The first-order chi connectivity index (χ1) is 12.7. The summed E-state index contributed by atoms with van der Waals surface area (Å²) in [6.45, 7) is 0.776. The zero-order valence-corrected chi connectivity index (χ0v) is 16.2. The predicted molar refractivity (Wildman–Crippen MR) is 104 cm³/mol. The molecule has 0 radical (unpaired) electrons. The van der Waals surface area contributed by atoms with Crippen LogP contribution in [0.25, 0.3) is 0 Å². The van der Waals surface area contributed by atoms with E-state index in [0.717, 1.165) is 19.4 Å². The second-order valence-corrected chi connectivity index (χ2v) is 8.42. The van der Waals surface area contributed by atoms with E-state index in [0.29, 0.717) is 16.7 Å². The van der Waals surface area contributed by atoms with Crippen LogP contribution < -0.4 is 16.0 Å². The highest BCUT2D eigenvalue weighted by molar-refractivity contribution is 7.13. The van der Waals surface area contributed by atoms with Crippen LogP contribution in [-0.4, -0.2) is 29.5 Å². The van der Waals surface area contributed by atoms with E-state index in [1.54, 1.807) is 0 Å². The van der Waals surface area contributed by atoms with Gasteiger partial charge in [-0.25, -0.2) is 9.78 Å². The third-order valence-electron chi connectivity index (χ3n) is 5.37. The van der Waals surface area contributed by atoms with Crippen molar-refractivity contribution >= 4 is 28.4 Å². The number of rotatable bonds is 6. The van der Waals surface area contributed by atoms with Gasteiger partial charge in [0.1, 0.15) is 0 Å². The van der Waals surface area contributed by atoms with Gasteiger partial charge in [0.2, 0.25) is 5.91 Å². The van der Waals surface area contributed by atoms with E-state index >= 15 is 0 Å². The minimum absolute atomic E-state index is 0.0130. The van der Waals surface area contributed by atoms with Crippen LogP contribution in [0, 0.1) is 5.92 Å². The summed E-state index contributed by atoms with van der Waals surface area (Å²) in [6, 6.07) is 0.0771. The van der Waals surface area contributed by atoms with Crippen molar-refractivity contribution in [3.8, 4) is 0 Å². The average Bonchev–Trinajstić information content (AvgIpc) is 3.08. The van der Waals surface area contributed by atoms with Crippen LogP contribution >= 0.6 is 11.3 Å². The summed E-state index contributed by atoms with van der Waals surface area (Å²) in [5, 5.41) is 11.2. The number of thiazole rings is 1. The predicted octanol–water partition coefficient (Wildman–Crippen LogP) is 3.84. The summed E-state index contributed by atoms with van der Waals surface area (Å²) < 4.78 is 0. The Morgan fingerprint density at radius 2 is 1.73 bits per heavy atom. The van der Waals surface area contributed by atoms with E-state index in [1.807, 2.05) is 5.38 Å². The zero-order chi connectivity index (χ0) is 18.2. The minimum atomic E-state index is -0.195. The maximum absolute atomic E-state index is 12.1. The normalized spacial score (nSPS) is 19.1. The van der Waals surface area contributed by atoms with Crippen molar-refractivity contribution in [1.82, 2.24) is 15.6 Å². The Balaban J connectivity index is 1.37. The molecular formula is C19H30N4O2S. The maximum atomic E-state index is 12.1. The number of carbonyl (C=O) groups excluding carboxylic acids is 2. The Kier molecular flexibility index (Phi) is 7.29. The second-order valence-electron chi connectivity index (χ2n) is 7.56. The lowest BCUT2D eigenvalue weighted by atomic mass is 9.89. The van der Waals surface area contributed by atoms with E-state index in [-0.39, 0.29) is 24.4 Å². The molecule has 6 nitrogen and oxygen atoms in total. The molecule has 0 unspecified atom stereocenters. The highest BCUT2D eigenvalue weighted by Crippen LogP contribution is 2.23. The van der Waals surface area contributed by atoms with Gasteiger partial charge in [0.15, 0.2) is 5.13 Å². The van der Waals surface area contributed by atoms with Crippen LogP contribution in [0.4, 0.5) is 9.93 Å². The van der Waals surface area contributed by atoms with Crippen molar-refractivity contribution in [3.05, 3.63) is 11.1 Å². The molecule has 2 aliphatic rings. The molecule has 0 aromatic carbocycles. The molecule has 0 spiro atoms. The Hall–Kier alpha value is -1.63. The van der Waals surface area contributed by atoms with E-state index in [2.05, 4.69) is 20.9 Å². The van der Waals surface area contributed by atoms with Gasteiger partial charge < -0.3 is 10.6 Å². The lowest BCUT2D eigenvalue weighted by molar-refractivity contribution is -0.120. The molecule has 2 aliphatic carbocycles. The van der Waals surface area contributed by atoms with Gasteiger partial charge in [0, 0.05) is 18.0 Å². The summed E-state index contributed by atoms with van der Waals surface area (Å²) in [5.41, 5.74) is 0.712. The standard InChI is InChI=1S/C19H30N4O2S/c24-17(20-12-14-7-3-1-4-8-14)11-16-13-26-19(22-16)23-18(25)21-15-9-5-2-6-10-15/h13-15H,1-12H2,(H,20,24)(H2,21,22,23,25). The number of nitrogens with zero attached hydrogens (tertiary/aromatic N) is 1. The largest absolute Gasteiger partial charge is 0.355 e. The summed E-state index contributed by atoms with van der Waals surface area (Å²) >= 11 is 1.36. The molecule has 2 fully saturated rings. The van der Waals surface area contributed by atoms with Crippen LogP contribution in [0.15, 0.2) is 5.38 Å². The van der Waals surface area contributed by atoms with Gasteiger partial charge >= 0.3 is 6.03 Å². The fourth-order valence-corrected chi connectivity index (χ4v) is 4.59. The number of aromatic nitrogens is 1. The Morgan fingerprint density at radius 3 is 2.46 bits per heavy atom. The quantitative estimate of drug-likeness (QED) is 0.703. The van der Waals surface area contributed by atoms with Gasteiger partial charge in [-0.3, -0.25) is 10.1 Å². The third kappa shape index (κ3) is 6.27. The number of nitrogens with one attached hydrogen (secondary N) is 3. The topological polar surface area (TPSA) is 83.1 Å². The highest BCUT2D eigenvalue weighted by Gasteiger charge is 2.17. The molecule has 0 aliphatic heterocycles. The number of urea groups is 1. The molecule has 1 aromatic heterocycles. The van der Waals surface area contributed by atoms with Crippen molar-refractivity contribution in [2.45, 2.75) is 76.7 Å². The number of amides is 3. The van der Waals surface area contributed by atoms with E-state index in [1.165, 1.54) is 62.7 Å². The number of anilines is 1. The monoisotopic (exact) mass is 378 g/mol. The highest BCUT2D eigenvalue weighted by atomic mass is 32.1. The molecule has 144 valence electrons. The lowest BCUT2D eigenvalue weighted by Gasteiger charge is -2.22. The maximum Gasteiger partial charge on any atom is 0.321 e. The van der Waals surface area contributed by atoms with Crippen LogP contribution in [0.5, 0.6) is 0 Å². The van der Waals surface area contributed by atoms with E-state index in [4.69, 9.17) is 0 Å². The molecule has 3 N–H and O–H groups in total. The van der Waals surface area contributed by atoms with Crippen LogP contribution in [0.2, 0.25) is 0 Å². The Morgan fingerprint density at radius 1 is 1.04 bits per heavy atom. The Labute approximate surface area is 159 Å². The number of hydrogen-bond donors (Lipinski definition) is 3. The first-order valence-corrected chi connectivity index (χ1v) is 10.9. The molecular weight excluding hydrogens is 348 g/mol. The molecule has 0 atom stereocenters. The molecule has 7 heteroatoms. The van der Waals surface area contributed by atoms with Crippen molar-refractivity contribution in [3.63, 3.8) is 0 Å². The summed E-state index contributed by atoms with van der Waals surface area (Å²) in [5.74, 6) is 0.642. The van der Waals surface area contributed by atoms with Crippen molar-refractivity contribution in [2.75, 3.05) is 11.9 Å². The molecule has 26 heavy (non-hydrogen) atoms. The van der Waals surface area contributed by atoms with Crippen molar-refractivity contribution in [1.29, 1.82) is 0 Å². The van der Waals surface area contributed by atoms with Gasteiger partial charge in [-0.1, -0.05) is 38.5 Å². The van der Waals surface area contributed by atoms with Crippen LogP contribution in [0.1, 0.15) is 69.9 Å². The number of carbonyl (C=O) groups is 2. The summed E-state index contributed by atoms with van der Waals surface area (Å²) in [6.07, 6.45) is 12.3. The SMILES string of the molecule is O=C(Cc1csc(NC(=O)NC2CCCCC2)n1)NCC1CCCCC1. The van der Waals surface area contributed by atoms with Gasteiger partial charge in [0.25, 0.3) is 0 Å². The van der Waals surface area contributed by atoms with Gasteiger partial charge in [-0.05, 0) is 31.6 Å². The van der Waals surface area contributed by atoms with Crippen molar-refractivity contribution < 1.29 is 9.59 Å². The summed E-state index contributed by atoms with van der Waals surface area (Å²) in [7, 11) is 0. The molecule has 3 rings (SSSR count). The molecule has 3 amide bonds. The molecule has 1 aromatic rings. The molecule has 2 saturated carbocycles. The summed E-state index contributed by atoms with van der Waals surface area (Å²) in [4.78, 5) is 28.5.